The molecule has 2 unspecified atom stereocenters. The second-order valence-electron chi connectivity index (χ2n) is 3.48. The number of carbonyl (C=O) groups excluding carboxylic acids is 1. The second kappa shape index (κ2) is 6.75. The first-order valence-electron chi connectivity index (χ1n) is 4.77. The van der Waals surface area contributed by atoms with Crippen LogP contribution in [0.1, 0.15) is 13.3 Å². The van der Waals surface area contributed by atoms with Gasteiger partial charge < -0.3 is 16.2 Å². The van der Waals surface area contributed by atoms with Crippen LogP contribution in [0.4, 0.5) is 0 Å². The number of likely N-dealkylation sites (N-methyl/N-ethyl adjacent to an activating group) is 1. The number of nitrogens with zero attached hydrogens (tertiary/aromatic N) is 1. The van der Waals surface area contributed by atoms with Crippen molar-refractivity contribution in [3.8, 4) is 0 Å². The third kappa shape index (κ3) is 4.55. The van der Waals surface area contributed by atoms with Gasteiger partial charge in [-0.3, -0.25) is 9.69 Å². The van der Waals surface area contributed by atoms with E-state index < -0.39 is 0 Å². The number of methoxy groups -OCH3 is 1. The zero-order valence-corrected chi connectivity index (χ0v) is 9.19. The van der Waals surface area contributed by atoms with E-state index in [9.17, 15) is 4.79 Å². The van der Waals surface area contributed by atoms with Gasteiger partial charge in [-0.1, -0.05) is 6.92 Å². The van der Waals surface area contributed by atoms with Crippen LogP contribution < -0.4 is 11.5 Å². The van der Waals surface area contributed by atoms with Crippen LogP contribution in [0.15, 0.2) is 0 Å². The predicted octanol–water partition coefficient (Wildman–Crippen LogP) is -0.844. The normalized spacial score (nSPS) is 15.5. The van der Waals surface area contributed by atoms with Crippen LogP contribution in [0.5, 0.6) is 0 Å². The lowest BCUT2D eigenvalue weighted by atomic mass is 10.1. The van der Waals surface area contributed by atoms with Crippen LogP contribution in [0.25, 0.3) is 0 Å². The minimum Gasteiger partial charge on any atom is -0.383 e. The number of carbonyl (C=O) groups is 1. The summed E-state index contributed by atoms with van der Waals surface area (Å²) in [7, 11) is 3.44. The lowest BCUT2D eigenvalue weighted by Crippen LogP contribution is -2.48. The molecule has 0 aliphatic rings. The third-order valence-electron chi connectivity index (χ3n) is 2.15. The molecule has 5 nitrogen and oxygen atoms in total. The molecule has 0 bridgehead atoms. The topological polar surface area (TPSA) is 81.6 Å². The summed E-state index contributed by atoms with van der Waals surface area (Å²) in [6, 6.07) is -0.323. The molecular formula is C9H21N3O2. The number of nitrogens with two attached hydrogens (primary N) is 2. The molecule has 0 rings (SSSR count). The Balaban J connectivity index is 4.03. The van der Waals surface area contributed by atoms with Crippen molar-refractivity contribution in [1.82, 2.24) is 4.90 Å². The monoisotopic (exact) mass is 203 g/mol. The van der Waals surface area contributed by atoms with Crippen LogP contribution in [0.3, 0.4) is 0 Å². The van der Waals surface area contributed by atoms with E-state index in [2.05, 4.69) is 0 Å². The van der Waals surface area contributed by atoms with Crippen LogP contribution in [0, 0.1) is 0 Å². The Kier molecular flexibility index (Phi) is 6.44. The van der Waals surface area contributed by atoms with Crippen molar-refractivity contribution in [3.63, 3.8) is 0 Å². The lowest BCUT2D eigenvalue weighted by Gasteiger charge is -2.26. The summed E-state index contributed by atoms with van der Waals surface area (Å²) in [6.45, 7) is 3.02. The molecule has 0 fully saturated rings. The maximum absolute atomic E-state index is 11.0. The number of ether oxygens (including phenoxy) is 1. The summed E-state index contributed by atoms with van der Waals surface area (Å²) < 4.78 is 4.91. The van der Waals surface area contributed by atoms with Crippen LogP contribution in [-0.2, 0) is 9.53 Å². The Morgan fingerprint density at radius 1 is 1.57 bits per heavy atom. The minimum absolute atomic E-state index is 0.0848. The molecule has 0 saturated heterocycles. The van der Waals surface area contributed by atoms with Gasteiger partial charge in [0.2, 0.25) is 5.91 Å². The van der Waals surface area contributed by atoms with Gasteiger partial charge >= 0.3 is 0 Å². The number of hydrogen-bond acceptors (Lipinski definition) is 4. The molecule has 0 spiro atoms. The van der Waals surface area contributed by atoms with Crippen molar-refractivity contribution >= 4 is 5.91 Å². The van der Waals surface area contributed by atoms with Crippen LogP contribution in [-0.4, -0.2) is 50.2 Å². The summed E-state index contributed by atoms with van der Waals surface area (Å²) in [5, 5.41) is 0. The van der Waals surface area contributed by atoms with Gasteiger partial charge in [-0.15, -0.1) is 0 Å². The molecule has 84 valence electrons. The summed E-state index contributed by atoms with van der Waals surface area (Å²) in [5.41, 5.74) is 11.0. The summed E-state index contributed by atoms with van der Waals surface area (Å²) in [5.74, 6) is -0.306. The molecule has 0 saturated carbocycles. The van der Waals surface area contributed by atoms with Gasteiger partial charge in [-0.2, -0.15) is 0 Å². The van der Waals surface area contributed by atoms with E-state index in [1.54, 1.807) is 7.11 Å². The molecule has 0 heterocycles. The Morgan fingerprint density at radius 3 is 2.50 bits per heavy atom. The summed E-state index contributed by atoms with van der Waals surface area (Å²) in [4.78, 5) is 12.9. The van der Waals surface area contributed by atoms with Crippen LogP contribution >= 0.6 is 0 Å². The highest BCUT2D eigenvalue weighted by Gasteiger charge is 2.19. The second-order valence-corrected chi connectivity index (χ2v) is 3.48. The fraction of sp³-hybridized carbons (Fsp3) is 0.889. The fourth-order valence-corrected chi connectivity index (χ4v) is 1.49. The summed E-state index contributed by atoms with van der Waals surface area (Å²) >= 11 is 0. The zero-order chi connectivity index (χ0) is 11.1. The van der Waals surface area contributed by atoms with E-state index in [4.69, 9.17) is 16.2 Å². The van der Waals surface area contributed by atoms with E-state index in [0.717, 1.165) is 0 Å². The number of amides is 1. The van der Waals surface area contributed by atoms with E-state index in [0.29, 0.717) is 19.6 Å². The van der Waals surface area contributed by atoms with Crippen LogP contribution in [0.2, 0.25) is 0 Å². The number of hydrogen-bond donors (Lipinski definition) is 2. The first-order chi connectivity index (χ1) is 6.52. The highest BCUT2D eigenvalue weighted by atomic mass is 16.5. The van der Waals surface area contributed by atoms with Crippen molar-refractivity contribution in [2.75, 3.05) is 27.3 Å². The summed E-state index contributed by atoms with van der Waals surface area (Å²) in [6.07, 6.45) is 0.700. The van der Waals surface area contributed by atoms with Crippen molar-refractivity contribution in [2.24, 2.45) is 11.5 Å². The lowest BCUT2D eigenvalue weighted by molar-refractivity contribution is -0.123. The van der Waals surface area contributed by atoms with E-state index in [-0.39, 0.29) is 18.0 Å². The smallest absolute Gasteiger partial charge is 0.234 e. The molecule has 0 aromatic carbocycles. The third-order valence-corrected chi connectivity index (χ3v) is 2.15. The molecule has 0 aromatic heterocycles. The molecule has 1 amide bonds. The van der Waals surface area contributed by atoms with E-state index in [1.807, 2.05) is 18.9 Å². The standard InChI is InChI=1S/C9H21N3O2/c1-4-8(9(11)13)12(2)5-7(10)6-14-3/h7-8H,4-6,10H2,1-3H3,(H2,11,13). The molecular weight excluding hydrogens is 182 g/mol. The predicted molar refractivity (Wildman–Crippen MR) is 55.8 cm³/mol. The van der Waals surface area contributed by atoms with E-state index in [1.165, 1.54) is 0 Å². The van der Waals surface area contributed by atoms with Crippen molar-refractivity contribution < 1.29 is 9.53 Å². The van der Waals surface area contributed by atoms with Gasteiger partial charge in [-0.05, 0) is 13.5 Å². The highest BCUT2D eigenvalue weighted by Crippen LogP contribution is 2.01. The molecule has 2 atom stereocenters. The molecule has 4 N–H and O–H groups in total. The number of rotatable bonds is 7. The van der Waals surface area contributed by atoms with Crippen molar-refractivity contribution in [2.45, 2.75) is 25.4 Å². The molecule has 0 radical (unpaired) electrons. The molecule has 0 aliphatic carbocycles. The Hall–Kier alpha value is -0.650. The molecule has 14 heavy (non-hydrogen) atoms. The van der Waals surface area contributed by atoms with Gasteiger partial charge in [0.05, 0.1) is 12.6 Å². The average molecular weight is 203 g/mol. The van der Waals surface area contributed by atoms with Gasteiger partial charge in [0, 0.05) is 19.7 Å². The van der Waals surface area contributed by atoms with Crippen molar-refractivity contribution in [3.05, 3.63) is 0 Å². The quantitative estimate of drug-likeness (QED) is 0.565. The Morgan fingerprint density at radius 2 is 2.14 bits per heavy atom. The minimum atomic E-state index is -0.306. The number of primary amides is 1. The highest BCUT2D eigenvalue weighted by molar-refractivity contribution is 5.79. The maximum atomic E-state index is 11.0. The van der Waals surface area contributed by atoms with Gasteiger partial charge in [-0.25, -0.2) is 0 Å². The van der Waals surface area contributed by atoms with Gasteiger partial charge in [0.1, 0.15) is 0 Å². The first kappa shape index (κ1) is 13.4. The maximum Gasteiger partial charge on any atom is 0.234 e. The van der Waals surface area contributed by atoms with E-state index >= 15 is 0 Å². The molecule has 0 aromatic rings. The molecule has 0 aliphatic heterocycles. The Labute approximate surface area is 85.4 Å². The zero-order valence-electron chi connectivity index (χ0n) is 9.19. The average Bonchev–Trinajstić information content (AvgIpc) is 2.04. The first-order valence-corrected chi connectivity index (χ1v) is 4.77. The SMILES string of the molecule is CCC(C(N)=O)N(C)CC(N)COC. The molecule has 5 heteroatoms. The fourth-order valence-electron chi connectivity index (χ4n) is 1.49. The van der Waals surface area contributed by atoms with Gasteiger partial charge in [0.15, 0.2) is 0 Å². The Bertz CT molecular complexity index is 175. The van der Waals surface area contributed by atoms with Gasteiger partial charge in [0.25, 0.3) is 0 Å². The van der Waals surface area contributed by atoms with Crippen molar-refractivity contribution in [1.29, 1.82) is 0 Å². The largest absolute Gasteiger partial charge is 0.383 e.